The van der Waals surface area contributed by atoms with Crippen molar-refractivity contribution in [3.8, 4) is 34.0 Å². The lowest BCUT2D eigenvalue weighted by Crippen LogP contribution is -2.28. The van der Waals surface area contributed by atoms with Gasteiger partial charge in [0, 0.05) is 23.4 Å². The lowest BCUT2D eigenvalue weighted by Gasteiger charge is -2.18. The van der Waals surface area contributed by atoms with Crippen LogP contribution in [0.5, 0.6) is 0 Å². The Bertz CT molecular complexity index is 1240. The standard InChI is InChI=1S/C17H16N4OS.C6H4/c1-5-11-6-9-23-14(11)13-15(20-16(22)17(2,3)4)21-8-7-18-10-12(21)19-13;1-2-5-4-6(5)3-1/h1,6-10H,2-4H3,(H,20,22);1-4H. The van der Waals surface area contributed by atoms with Gasteiger partial charge in [-0.2, -0.15) is 0 Å². The largest absolute Gasteiger partial charge is 0.309 e. The fraction of sp³-hybridized carbons (Fsp3) is 0.174. The van der Waals surface area contributed by atoms with Crippen molar-refractivity contribution in [1.82, 2.24) is 14.4 Å². The summed E-state index contributed by atoms with van der Waals surface area (Å²) in [6, 6.07) is 10.4. The molecule has 3 aromatic heterocycles. The van der Waals surface area contributed by atoms with Crippen molar-refractivity contribution < 1.29 is 4.79 Å². The van der Waals surface area contributed by atoms with Crippen molar-refractivity contribution in [2.75, 3.05) is 5.32 Å². The van der Waals surface area contributed by atoms with Gasteiger partial charge in [-0.3, -0.25) is 14.2 Å². The molecule has 0 aromatic carbocycles. The lowest BCUT2D eigenvalue weighted by molar-refractivity contribution is -0.123. The quantitative estimate of drug-likeness (QED) is 0.420. The van der Waals surface area contributed by atoms with Gasteiger partial charge in [0.25, 0.3) is 0 Å². The fourth-order valence-corrected chi connectivity index (χ4v) is 3.61. The molecule has 0 radical (unpaired) electrons. The Hall–Kier alpha value is -3.43. The number of anilines is 1. The summed E-state index contributed by atoms with van der Waals surface area (Å²) in [6.45, 7) is 5.60. The number of hydrogen-bond donors (Lipinski definition) is 1. The van der Waals surface area contributed by atoms with Crippen LogP contribution in [-0.2, 0) is 4.79 Å². The van der Waals surface area contributed by atoms with Gasteiger partial charge < -0.3 is 5.32 Å². The monoisotopic (exact) mass is 400 g/mol. The van der Waals surface area contributed by atoms with E-state index in [0.29, 0.717) is 17.2 Å². The Morgan fingerprint density at radius 3 is 2.59 bits per heavy atom. The average Bonchev–Trinajstić information content (AvgIpc) is 3.09. The summed E-state index contributed by atoms with van der Waals surface area (Å²) in [5.41, 5.74) is 4.42. The van der Waals surface area contributed by atoms with E-state index < -0.39 is 5.41 Å². The Labute approximate surface area is 173 Å². The van der Waals surface area contributed by atoms with E-state index >= 15 is 0 Å². The molecule has 0 aliphatic heterocycles. The van der Waals surface area contributed by atoms with Crippen LogP contribution < -0.4 is 5.32 Å². The molecule has 6 heteroatoms. The van der Waals surface area contributed by atoms with Crippen molar-refractivity contribution in [3.63, 3.8) is 0 Å². The topological polar surface area (TPSA) is 59.3 Å². The third-order valence-electron chi connectivity index (χ3n) is 4.49. The summed E-state index contributed by atoms with van der Waals surface area (Å²) in [7, 11) is 0. The predicted octanol–water partition coefficient (Wildman–Crippen LogP) is 5.09. The van der Waals surface area contributed by atoms with Gasteiger partial charge in [-0.25, -0.2) is 4.98 Å². The zero-order chi connectivity index (χ0) is 20.6. The normalized spacial score (nSPS) is 11.4. The van der Waals surface area contributed by atoms with Crippen LogP contribution in [0, 0.1) is 17.8 Å². The zero-order valence-electron chi connectivity index (χ0n) is 16.4. The number of fused-ring (bicyclic) bond motifs is 2. The van der Waals surface area contributed by atoms with E-state index in [4.69, 9.17) is 6.42 Å². The van der Waals surface area contributed by atoms with Crippen molar-refractivity contribution in [1.29, 1.82) is 0 Å². The van der Waals surface area contributed by atoms with Crippen molar-refractivity contribution in [2.24, 2.45) is 5.41 Å². The molecular formula is C23H20N4OS. The molecule has 0 saturated heterocycles. The summed E-state index contributed by atoms with van der Waals surface area (Å²) in [6.07, 6.45) is 10.6. The summed E-state index contributed by atoms with van der Waals surface area (Å²) in [5, 5.41) is 4.90. The molecule has 0 fully saturated rings. The first-order chi connectivity index (χ1) is 13.9. The van der Waals surface area contributed by atoms with E-state index in [-0.39, 0.29) is 5.91 Å². The first kappa shape index (κ1) is 18.9. The molecule has 5 rings (SSSR count). The van der Waals surface area contributed by atoms with Crippen LogP contribution in [0.15, 0.2) is 54.3 Å². The minimum atomic E-state index is -0.515. The highest BCUT2D eigenvalue weighted by atomic mass is 32.1. The van der Waals surface area contributed by atoms with Gasteiger partial charge in [-0.05, 0) is 28.6 Å². The molecule has 1 N–H and O–H groups in total. The number of nitrogens with zero attached hydrogens (tertiary/aromatic N) is 3. The molecule has 29 heavy (non-hydrogen) atoms. The Morgan fingerprint density at radius 1 is 1.24 bits per heavy atom. The maximum Gasteiger partial charge on any atom is 0.230 e. The number of nitrogens with one attached hydrogen (secondary N) is 1. The summed E-state index contributed by atoms with van der Waals surface area (Å²) < 4.78 is 1.81. The summed E-state index contributed by atoms with van der Waals surface area (Å²) in [5.74, 6) is 3.19. The minimum Gasteiger partial charge on any atom is -0.309 e. The fourth-order valence-electron chi connectivity index (χ4n) is 2.76. The average molecular weight is 401 g/mol. The van der Waals surface area contributed by atoms with Gasteiger partial charge >= 0.3 is 0 Å². The number of hydrogen-bond acceptors (Lipinski definition) is 4. The molecule has 144 valence electrons. The highest BCUT2D eigenvalue weighted by Crippen LogP contribution is 2.35. The number of amides is 1. The van der Waals surface area contributed by atoms with Gasteiger partial charge in [0.15, 0.2) is 5.65 Å². The molecule has 1 amide bonds. The second-order valence-electron chi connectivity index (χ2n) is 7.71. The number of carbonyl (C=O) groups excluding carboxylic acids is 1. The van der Waals surface area contributed by atoms with Gasteiger partial charge in [0.1, 0.15) is 11.5 Å². The van der Waals surface area contributed by atoms with Crippen LogP contribution in [0.4, 0.5) is 5.82 Å². The van der Waals surface area contributed by atoms with Gasteiger partial charge in [0.2, 0.25) is 5.91 Å². The molecule has 0 atom stereocenters. The van der Waals surface area contributed by atoms with Crippen LogP contribution in [0.1, 0.15) is 26.3 Å². The number of benzene rings is 1. The molecule has 5 nitrogen and oxygen atoms in total. The number of carbonyl (C=O) groups is 1. The third-order valence-corrected chi connectivity index (χ3v) is 5.41. The first-order valence-corrected chi connectivity index (χ1v) is 10.0. The van der Waals surface area contributed by atoms with Crippen molar-refractivity contribution >= 4 is 28.7 Å². The predicted molar refractivity (Wildman–Crippen MR) is 118 cm³/mol. The highest BCUT2D eigenvalue weighted by molar-refractivity contribution is 7.13. The van der Waals surface area contributed by atoms with E-state index in [1.807, 2.05) is 36.6 Å². The van der Waals surface area contributed by atoms with Crippen LogP contribution in [0.2, 0.25) is 0 Å². The molecular weight excluding hydrogens is 380 g/mol. The van der Waals surface area contributed by atoms with E-state index in [1.54, 1.807) is 18.6 Å². The van der Waals surface area contributed by atoms with E-state index in [0.717, 1.165) is 10.4 Å². The molecule has 0 saturated carbocycles. The SMILES string of the molecule is C#Cc1ccsc1-c1nc2cnccn2c1NC(=O)C(C)(C)C.c1cc2cc-2c1. The molecule has 0 unspecified atom stereocenters. The third kappa shape index (κ3) is 3.78. The number of aromatic nitrogens is 3. The van der Waals surface area contributed by atoms with Gasteiger partial charge in [-0.1, -0.05) is 44.9 Å². The molecule has 3 heterocycles. The Balaban J connectivity index is 0.000000286. The number of thiophene rings is 1. The van der Waals surface area contributed by atoms with Gasteiger partial charge in [0.05, 0.1) is 11.1 Å². The van der Waals surface area contributed by atoms with E-state index in [2.05, 4.69) is 45.5 Å². The summed E-state index contributed by atoms with van der Waals surface area (Å²) in [4.78, 5) is 22.0. The molecule has 0 spiro atoms. The first-order valence-electron chi connectivity index (χ1n) is 9.17. The number of imidazole rings is 1. The van der Waals surface area contributed by atoms with Gasteiger partial charge in [-0.15, -0.1) is 17.8 Å². The van der Waals surface area contributed by atoms with Crippen molar-refractivity contribution in [3.05, 3.63) is 59.9 Å². The maximum absolute atomic E-state index is 12.4. The molecule has 0 bridgehead atoms. The number of rotatable bonds is 2. The second-order valence-corrected chi connectivity index (χ2v) is 8.62. The van der Waals surface area contributed by atoms with E-state index in [1.165, 1.54) is 22.5 Å². The molecule has 3 aromatic rings. The molecule has 2 aliphatic rings. The zero-order valence-corrected chi connectivity index (χ0v) is 17.2. The maximum atomic E-state index is 12.4. The van der Waals surface area contributed by atoms with Crippen LogP contribution in [0.3, 0.4) is 0 Å². The van der Waals surface area contributed by atoms with Crippen LogP contribution in [-0.4, -0.2) is 20.3 Å². The van der Waals surface area contributed by atoms with E-state index in [9.17, 15) is 4.79 Å². The minimum absolute atomic E-state index is 0.0869. The van der Waals surface area contributed by atoms with Crippen LogP contribution >= 0.6 is 11.3 Å². The second kappa shape index (κ2) is 7.19. The van der Waals surface area contributed by atoms with Crippen molar-refractivity contribution in [2.45, 2.75) is 20.8 Å². The Kier molecular flexibility index (Phi) is 4.69. The van der Waals surface area contributed by atoms with Crippen LogP contribution in [0.25, 0.3) is 27.3 Å². The lowest BCUT2D eigenvalue weighted by atomic mass is 9.96. The highest BCUT2D eigenvalue weighted by Gasteiger charge is 2.25. The number of terminal acetylenes is 1. The smallest absolute Gasteiger partial charge is 0.230 e. The Morgan fingerprint density at radius 2 is 2.00 bits per heavy atom. The molecule has 2 aliphatic carbocycles. The summed E-state index contributed by atoms with van der Waals surface area (Å²) >= 11 is 1.50.